The van der Waals surface area contributed by atoms with Gasteiger partial charge in [0, 0.05) is 93.4 Å². The molecule has 3 amide bonds. The zero-order valence-electron chi connectivity index (χ0n) is 32.1. The molecule has 3 fully saturated rings. The maximum atomic E-state index is 16.1. The summed E-state index contributed by atoms with van der Waals surface area (Å²) in [5, 5.41) is 10.7. The van der Waals surface area contributed by atoms with Crippen LogP contribution in [0.3, 0.4) is 0 Å². The molecule has 300 valence electrons. The molecule has 0 bridgehead atoms. The van der Waals surface area contributed by atoms with E-state index in [0.717, 1.165) is 40.2 Å². The molecule has 5 aromatic rings. The summed E-state index contributed by atoms with van der Waals surface area (Å²) in [4.78, 5) is 51.6. The molecule has 1 spiro atoms. The van der Waals surface area contributed by atoms with Gasteiger partial charge in [0.25, 0.3) is 11.8 Å². The Hall–Kier alpha value is -5.67. The number of carbonyl (C=O) groups excluding carboxylic acids is 3. The van der Waals surface area contributed by atoms with E-state index in [4.69, 9.17) is 27.4 Å². The van der Waals surface area contributed by atoms with Crippen LogP contribution >= 0.6 is 11.6 Å². The average Bonchev–Trinajstić information content (AvgIpc) is 3.83. The lowest BCUT2D eigenvalue weighted by molar-refractivity contribution is -0.217. The van der Waals surface area contributed by atoms with E-state index in [1.165, 1.54) is 10.7 Å². The fourth-order valence-corrected chi connectivity index (χ4v) is 9.64. The summed E-state index contributed by atoms with van der Waals surface area (Å²) in [6.07, 6.45) is 5.37. The molecule has 6 heterocycles. The molecule has 16 heteroatoms. The number of aromatic nitrogens is 4. The Morgan fingerprint density at radius 3 is 2.62 bits per heavy atom. The number of nitrogens with one attached hydrogen (secondary N) is 2. The minimum absolute atomic E-state index is 0.197. The highest BCUT2D eigenvalue weighted by molar-refractivity contribution is 6.31. The Kier molecular flexibility index (Phi) is 9.34. The normalized spacial score (nSPS) is 21.2. The average molecular weight is 809 g/mol. The van der Waals surface area contributed by atoms with Crippen molar-refractivity contribution < 1.29 is 23.2 Å². The van der Waals surface area contributed by atoms with E-state index in [0.29, 0.717) is 73.2 Å². The summed E-state index contributed by atoms with van der Waals surface area (Å²) < 4.78 is 33.6. The first-order chi connectivity index (χ1) is 27.8. The quantitative estimate of drug-likeness (QED) is 0.153. The van der Waals surface area contributed by atoms with Crippen molar-refractivity contribution >= 4 is 57.8 Å². The molecule has 0 radical (unpaired) electrons. The van der Waals surface area contributed by atoms with Crippen molar-refractivity contribution in [1.29, 1.82) is 0 Å². The lowest BCUT2D eigenvalue weighted by Crippen LogP contribution is -2.67. The number of rotatable bonds is 9. The number of hydrogen-bond acceptors (Lipinski definition) is 10. The lowest BCUT2D eigenvalue weighted by atomic mass is 9.64. The van der Waals surface area contributed by atoms with Crippen LogP contribution in [0.1, 0.15) is 65.2 Å². The fourth-order valence-electron chi connectivity index (χ4n) is 9.39. The number of halogens is 3. The molecule has 2 saturated heterocycles. The third kappa shape index (κ3) is 6.40. The summed E-state index contributed by atoms with van der Waals surface area (Å²) in [7, 11) is 3.61. The van der Waals surface area contributed by atoms with Crippen LogP contribution in [0.5, 0.6) is 0 Å². The van der Waals surface area contributed by atoms with Crippen LogP contribution in [0, 0.1) is 5.41 Å². The molecular weight excluding hydrogens is 766 g/mol. The molecule has 4 aliphatic rings. The van der Waals surface area contributed by atoms with E-state index >= 15 is 8.78 Å². The number of benzene rings is 2. The summed E-state index contributed by atoms with van der Waals surface area (Å²) >= 11 is 6.48. The predicted molar refractivity (Wildman–Crippen MR) is 217 cm³/mol. The first-order valence-corrected chi connectivity index (χ1v) is 19.9. The summed E-state index contributed by atoms with van der Waals surface area (Å²) in [5.41, 5.74) is 12.2. The first-order valence-electron chi connectivity index (χ1n) is 19.5. The third-order valence-corrected chi connectivity index (χ3v) is 13.0. The van der Waals surface area contributed by atoms with E-state index < -0.39 is 23.2 Å². The number of imide groups is 1. The van der Waals surface area contributed by atoms with Gasteiger partial charge in [-0.05, 0) is 72.7 Å². The third-order valence-electron chi connectivity index (χ3n) is 12.6. The summed E-state index contributed by atoms with van der Waals surface area (Å²) in [5.74, 6) is -4.08. The largest absolute Gasteiger partial charge is 0.385 e. The zero-order chi connectivity index (χ0) is 40.5. The molecule has 58 heavy (non-hydrogen) atoms. The Morgan fingerprint density at radius 2 is 1.90 bits per heavy atom. The van der Waals surface area contributed by atoms with Crippen molar-refractivity contribution in [1.82, 2.24) is 29.8 Å². The lowest BCUT2D eigenvalue weighted by Gasteiger charge is -2.58. The highest BCUT2D eigenvalue weighted by Crippen LogP contribution is 2.55. The standard InChI is InChI=1S/C42H43ClF2N10O3/c1-47-33-17-36(51-55-35(38(46)57)20-49-39(33)55)54-15-13-28-27(4-3-5-34(28)54)32-10-6-24(19-48-32)21-53-22-41(23-53)14-12-26(18-42(41,44)45)52(2)25-7-9-31(43)30(16-25)29-8-11-37(56)50-40(29)58/h3-7,9-10,16-17,19-20,26,29,47H,8,11-15,18,21-23H2,1-2H3,(H2,46,57)(H,50,56,58). The highest BCUT2D eigenvalue weighted by atomic mass is 35.5. The van der Waals surface area contributed by atoms with Crippen LogP contribution < -0.4 is 26.2 Å². The number of carbonyl (C=O) groups is 3. The number of pyridine rings is 1. The number of anilines is 4. The van der Waals surface area contributed by atoms with Crippen molar-refractivity contribution in [2.45, 2.75) is 63.0 Å². The Balaban J connectivity index is 0.846. The number of piperidine rings is 1. The van der Waals surface area contributed by atoms with Gasteiger partial charge in [0.2, 0.25) is 11.8 Å². The predicted octanol–water partition coefficient (Wildman–Crippen LogP) is 5.93. The van der Waals surface area contributed by atoms with Gasteiger partial charge in [-0.3, -0.25) is 29.6 Å². The number of alkyl halides is 2. The van der Waals surface area contributed by atoms with Gasteiger partial charge in [-0.2, -0.15) is 0 Å². The maximum absolute atomic E-state index is 16.1. The molecule has 9 rings (SSSR count). The van der Waals surface area contributed by atoms with Crippen molar-refractivity contribution in [2.24, 2.45) is 11.1 Å². The topological polar surface area (TPSA) is 154 Å². The summed E-state index contributed by atoms with van der Waals surface area (Å²) in [6, 6.07) is 16.9. The van der Waals surface area contributed by atoms with Gasteiger partial charge < -0.3 is 20.9 Å². The molecule has 4 N–H and O–H groups in total. The van der Waals surface area contributed by atoms with Gasteiger partial charge in [-0.25, -0.2) is 18.3 Å². The Morgan fingerprint density at radius 1 is 1.07 bits per heavy atom. The van der Waals surface area contributed by atoms with Crippen molar-refractivity contribution in [3.8, 4) is 11.3 Å². The van der Waals surface area contributed by atoms with Crippen molar-refractivity contribution in [3.05, 3.63) is 94.4 Å². The maximum Gasteiger partial charge on any atom is 0.269 e. The Bertz CT molecular complexity index is 2470. The highest BCUT2D eigenvalue weighted by Gasteiger charge is 2.62. The fraction of sp³-hybridized carbons (Fsp3) is 0.381. The van der Waals surface area contributed by atoms with Crippen LogP contribution in [0.25, 0.3) is 16.9 Å². The molecule has 13 nitrogen and oxygen atoms in total. The van der Waals surface area contributed by atoms with E-state index in [1.54, 1.807) is 25.2 Å². The van der Waals surface area contributed by atoms with Crippen LogP contribution in [0.4, 0.5) is 31.7 Å². The van der Waals surface area contributed by atoms with Crippen LogP contribution in [-0.2, 0) is 22.6 Å². The number of nitrogens with two attached hydrogens (primary N) is 1. The van der Waals surface area contributed by atoms with Gasteiger partial charge >= 0.3 is 0 Å². The molecule has 3 aromatic heterocycles. The van der Waals surface area contributed by atoms with Crippen LogP contribution in [0.2, 0.25) is 5.02 Å². The molecule has 2 unspecified atom stereocenters. The van der Waals surface area contributed by atoms with Crippen molar-refractivity contribution in [2.75, 3.05) is 48.8 Å². The van der Waals surface area contributed by atoms with Gasteiger partial charge in [0.15, 0.2) is 11.5 Å². The second-order valence-corrected chi connectivity index (χ2v) is 16.4. The molecular formula is C42H43ClF2N10O3. The second-order valence-electron chi connectivity index (χ2n) is 16.0. The monoisotopic (exact) mass is 808 g/mol. The minimum Gasteiger partial charge on any atom is -0.385 e. The summed E-state index contributed by atoms with van der Waals surface area (Å²) in [6.45, 7) is 1.84. The number of hydrogen-bond donors (Lipinski definition) is 3. The van der Waals surface area contributed by atoms with Gasteiger partial charge in [0.1, 0.15) is 5.69 Å². The number of imidazole rings is 1. The van der Waals surface area contributed by atoms with Crippen molar-refractivity contribution in [3.63, 3.8) is 0 Å². The number of fused-ring (bicyclic) bond motifs is 2. The molecule has 2 atom stereocenters. The first kappa shape index (κ1) is 37.9. The van der Waals surface area contributed by atoms with Gasteiger partial charge in [0.05, 0.1) is 28.9 Å². The van der Waals surface area contributed by atoms with E-state index in [-0.39, 0.29) is 36.4 Å². The van der Waals surface area contributed by atoms with E-state index in [2.05, 4.69) is 31.5 Å². The van der Waals surface area contributed by atoms with E-state index in [9.17, 15) is 14.4 Å². The van der Waals surface area contributed by atoms with Gasteiger partial charge in [-0.1, -0.05) is 29.8 Å². The SMILES string of the molecule is CNc1cc(N2CCc3c(-c4ccc(CN5CC6(CCC(N(C)c7ccc(Cl)c(C8CCC(=O)NC8=O)c7)CC6(F)F)C5)cn4)cccc32)nn2c(C(N)=O)cnc12. The molecule has 1 aliphatic carbocycles. The number of primary amides is 1. The van der Waals surface area contributed by atoms with Gasteiger partial charge in [-0.15, -0.1) is 5.10 Å². The second kappa shape index (κ2) is 14.3. The molecule has 3 aliphatic heterocycles. The number of likely N-dealkylation sites (tertiary alicyclic amines) is 1. The minimum atomic E-state index is -2.86. The zero-order valence-corrected chi connectivity index (χ0v) is 32.9. The van der Waals surface area contributed by atoms with Crippen LogP contribution in [-0.4, -0.2) is 87.9 Å². The van der Waals surface area contributed by atoms with E-state index in [1.807, 2.05) is 48.5 Å². The van der Waals surface area contributed by atoms with Crippen LogP contribution in [0.15, 0.2) is 67.0 Å². The number of nitrogens with zero attached hydrogens (tertiary/aromatic N) is 7. The number of amides is 3. The molecule has 1 saturated carbocycles. The Labute approximate surface area is 338 Å². The molecule has 2 aromatic carbocycles. The smallest absolute Gasteiger partial charge is 0.269 e.